The number of aryl methyl sites for hydroxylation is 1. The summed E-state index contributed by atoms with van der Waals surface area (Å²) < 4.78 is 5.13. The van der Waals surface area contributed by atoms with E-state index in [0.29, 0.717) is 11.5 Å². The standard InChI is InChI=1S/C16H21NO3/c1-12-6-5-9-17(10-12)15(18)11-20-16(19)14-8-4-3-7-13(14)2/h3-4,7-8,12H,5-6,9-11H2,1-2H3. The Balaban J connectivity index is 1.87. The number of likely N-dealkylation sites (tertiary alicyclic amines) is 1. The van der Waals surface area contributed by atoms with Crippen molar-refractivity contribution in [3.63, 3.8) is 0 Å². The summed E-state index contributed by atoms with van der Waals surface area (Å²) in [6.45, 7) is 5.36. The van der Waals surface area contributed by atoms with E-state index >= 15 is 0 Å². The Morgan fingerprint density at radius 2 is 2.10 bits per heavy atom. The average molecular weight is 275 g/mol. The van der Waals surface area contributed by atoms with E-state index in [-0.39, 0.29) is 12.5 Å². The number of hydrogen-bond acceptors (Lipinski definition) is 3. The highest BCUT2D eigenvalue weighted by atomic mass is 16.5. The van der Waals surface area contributed by atoms with E-state index in [1.165, 1.54) is 0 Å². The highest BCUT2D eigenvalue weighted by Crippen LogP contribution is 2.15. The van der Waals surface area contributed by atoms with Crippen LogP contribution in [0.15, 0.2) is 24.3 Å². The van der Waals surface area contributed by atoms with E-state index < -0.39 is 5.97 Å². The first-order chi connectivity index (χ1) is 9.58. The van der Waals surface area contributed by atoms with Crippen LogP contribution in [0.5, 0.6) is 0 Å². The largest absolute Gasteiger partial charge is 0.452 e. The fraction of sp³-hybridized carbons (Fsp3) is 0.500. The lowest BCUT2D eigenvalue weighted by atomic mass is 10.0. The molecule has 108 valence electrons. The molecular weight excluding hydrogens is 254 g/mol. The fourth-order valence-corrected chi connectivity index (χ4v) is 2.51. The van der Waals surface area contributed by atoms with Crippen LogP contribution in [0.4, 0.5) is 0 Å². The van der Waals surface area contributed by atoms with Crippen LogP contribution in [0, 0.1) is 12.8 Å². The predicted octanol–water partition coefficient (Wildman–Crippen LogP) is 2.41. The van der Waals surface area contributed by atoms with Gasteiger partial charge in [-0.05, 0) is 37.3 Å². The first-order valence-corrected chi connectivity index (χ1v) is 7.08. The zero-order valence-electron chi connectivity index (χ0n) is 12.1. The number of carbonyl (C=O) groups excluding carboxylic acids is 2. The van der Waals surface area contributed by atoms with Crippen molar-refractivity contribution in [2.75, 3.05) is 19.7 Å². The molecule has 1 atom stereocenters. The monoisotopic (exact) mass is 275 g/mol. The molecule has 1 unspecified atom stereocenters. The van der Waals surface area contributed by atoms with Gasteiger partial charge in [0.1, 0.15) is 0 Å². The van der Waals surface area contributed by atoms with E-state index in [4.69, 9.17) is 4.74 Å². The molecule has 1 aromatic rings. The van der Waals surface area contributed by atoms with E-state index in [1.54, 1.807) is 17.0 Å². The Bertz CT molecular complexity index is 498. The molecule has 0 aromatic heterocycles. The number of piperidine rings is 1. The van der Waals surface area contributed by atoms with E-state index in [2.05, 4.69) is 6.92 Å². The van der Waals surface area contributed by atoms with Crippen molar-refractivity contribution >= 4 is 11.9 Å². The number of nitrogens with zero attached hydrogens (tertiary/aromatic N) is 1. The third-order valence-corrected chi connectivity index (χ3v) is 3.70. The van der Waals surface area contributed by atoms with E-state index in [9.17, 15) is 9.59 Å². The highest BCUT2D eigenvalue weighted by molar-refractivity contribution is 5.92. The quantitative estimate of drug-likeness (QED) is 0.796. The summed E-state index contributed by atoms with van der Waals surface area (Å²) in [6, 6.07) is 7.22. The molecule has 0 spiro atoms. The minimum atomic E-state index is -0.429. The molecule has 1 aromatic carbocycles. The normalized spacial score (nSPS) is 18.7. The van der Waals surface area contributed by atoms with Gasteiger partial charge in [-0.25, -0.2) is 4.79 Å². The molecule has 0 saturated carbocycles. The molecule has 0 bridgehead atoms. The minimum Gasteiger partial charge on any atom is -0.452 e. The van der Waals surface area contributed by atoms with Crippen molar-refractivity contribution in [2.45, 2.75) is 26.7 Å². The Morgan fingerprint density at radius 3 is 2.80 bits per heavy atom. The molecule has 1 fully saturated rings. The molecule has 1 amide bonds. The predicted molar refractivity (Wildman–Crippen MR) is 76.4 cm³/mol. The van der Waals surface area contributed by atoms with Crippen molar-refractivity contribution in [1.29, 1.82) is 0 Å². The Kier molecular flexibility index (Phi) is 4.77. The zero-order valence-corrected chi connectivity index (χ0v) is 12.1. The van der Waals surface area contributed by atoms with Gasteiger partial charge in [0.25, 0.3) is 5.91 Å². The van der Waals surface area contributed by atoms with E-state index in [1.807, 2.05) is 19.1 Å². The number of amides is 1. The fourth-order valence-electron chi connectivity index (χ4n) is 2.51. The number of ether oxygens (including phenoxy) is 1. The topological polar surface area (TPSA) is 46.6 Å². The smallest absolute Gasteiger partial charge is 0.338 e. The minimum absolute atomic E-state index is 0.0986. The molecule has 4 heteroatoms. The number of carbonyl (C=O) groups is 2. The molecule has 4 nitrogen and oxygen atoms in total. The van der Waals surface area contributed by atoms with Crippen molar-refractivity contribution in [3.05, 3.63) is 35.4 Å². The van der Waals surface area contributed by atoms with Gasteiger partial charge in [0.05, 0.1) is 5.56 Å². The van der Waals surface area contributed by atoms with Gasteiger partial charge in [-0.2, -0.15) is 0 Å². The molecule has 1 aliphatic rings. The number of rotatable bonds is 3. The van der Waals surface area contributed by atoms with Gasteiger partial charge in [-0.15, -0.1) is 0 Å². The average Bonchev–Trinajstić information content (AvgIpc) is 2.45. The van der Waals surface area contributed by atoms with Gasteiger partial charge in [0.2, 0.25) is 0 Å². The van der Waals surface area contributed by atoms with Crippen LogP contribution in [-0.4, -0.2) is 36.5 Å². The van der Waals surface area contributed by atoms with Gasteiger partial charge in [0.15, 0.2) is 6.61 Å². The van der Waals surface area contributed by atoms with Crippen LogP contribution in [0.3, 0.4) is 0 Å². The van der Waals surface area contributed by atoms with Gasteiger partial charge >= 0.3 is 5.97 Å². The summed E-state index contributed by atoms with van der Waals surface area (Å²) in [5.41, 5.74) is 1.38. The van der Waals surface area contributed by atoms with Crippen molar-refractivity contribution < 1.29 is 14.3 Å². The third-order valence-electron chi connectivity index (χ3n) is 3.70. The first kappa shape index (κ1) is 14.6. The maximum Gasteiger partial charge on any atom is 0.338 e. The van der Waals surface area contributed by atoms with Crippen LogP contribution in [-0.2, 0) is 9.53 Å². The first-order valence-electron chi connectivity index (χ1n) is 7.08. The molecule has 0 N–H and O–H groups in total. The summed E-state index contributed by atoms with van der Waals surface area (Å²) in [5.74, 6) is -0.000221. The lowest BCUT2D eigenvalue weighted by Gasteiger charge is -2.30. The Hall–Kier alpha value is -1.84. The van der Waals surface area contributed by atoms with Gasteiger partial charge in [-0.1, -0.05) is 25.1 Å². The summed E-state index contributed by atoms with van der Waals surface area (Å²) in [6.07, 6.45) is 2.19. The summed E-state index contributed by atoms with van der Waals surface area (Å²) in [4.78, 5) is 25.7. The zero-order chi connectivity index (χ0) is 14.5. The summed E-state index contributed by atoms with van der Waals surface area (Å²) in [5, 5.41) is 0. The maximum absolute atomic E-state index is 12.0. The SMILES string of the molecule is Cc1ccccc1C(=O)OCC(=O)N1CCCC(C)C1. The number of hydrogen-bond donors (Lipinski definition) is 0. The number of esters is 1. The van der Waals surface area contributed by atoms with Crippen LogP contribution in [0.1, 0.15) is 35.7 Å². The number of benzene rings is 1. The summed E-state index contributed by atoms with van der Waals surface area (Å²) >= 11 is 0. The Morgan fingerprint density at radius 1 is 1.35 bits per heavy atom. The highest BCUT2D eigenvalue weighted by Gasteiger charge is 2.22. The van der Waals surface area contributed by atoms with Crippen LogP contribution in [0.2, 0.25) is 0 Å². The van der Waals surface area contributed by atoms with Gasteiger partial charge < -0.3 is 9.64 Å². The van der Waals surface area contributed by atoms with Crippen molar-refractivity contribution in [2.24, 2.45) is 5.92 Å². The molecule has 1 heterocycles. The molecule has 1 saturated heterocycles. The van der Waals surface area contributed by atoms with Gasteiger partial charge in [0, 0.05) is 13.1 Å². The molecule has 0 radical (unpaired) electrons. The second kappa shape index (κ2) is 6.55. The van der Waals surface area contributed by atoms with Crippen molar-refractivity contribution in [3.8, 4) is 0 Å². The van der Waals surface area contributed by atoms with Gasteiger partial charge in [-0.3, -0.25) is 4.79 Å². The molecule has 20 heavy (non-hydrogen) atoms. The second-order valence-corrected chi connectivity index (χ2v) is 5.48. The van der Waals surface area contributed by atoms with Crippen LogP contribution >= 0.6 is 0 Å². The van der Waals surface area contributed by atoms with Crippen molar-refractivity contribution in [1.82, 2.24) is 4.90 Å². The molecule has 2 rings (SSSR count). The van der Waals surface area contributed by atoms with E-state index in [0.717, 1.165) is 31.5 Å². The molecular formula is C16H21NO3. The Labute approximate surface area is 119 Å². The third kappa shape index (κ3) is 3.59. The lowest BCUT2D eigenvalue weighted by Crippen LogP contribution is -2.41. The van der Waals surface area contributed by atoms with Crippen LogP contribution < -0.4 is 0 Å². The lowest BCUT2D eigenvalue weighted by molar-refractivity contribution is -0.136. The molecule has 0 aliphatic carbocycles. The van der Waals surface area contributed by atoms with Crippen LogP contribution in [0.25, 0.3) is 0 Å². The summed E-state index contributed by atoms with van der Waals surface area (Å²) in [7, 11) is 0. The maximum atomic E-state index is 12.0. The second-order valence-electron chi connectivity index (χ2n) is 5.48. The molecule has 1 aliphatic heterocycles.